The van der Waals surface area contributed by atoms with Crippen molar-refractivity contribution in [2.75, 3.05) is 0 Å². The minimum atomic E-state index is -3.76. The number of aryl methyl sites for hydroxylation is 1. The Bertz CT molecular complexity index is 604. The van der Waals surface area contributed by atoms with Gasteiger partial charge < -0.3 is 0 Å². The number of halogens is 1. The van der Waals surface area contributed by atoms with Gasteiger partial charge in [-0.1, -0.05) is 12.1 Å². The molecule has 4 nitrogen and oxygen atoms in total. The molecule has 0 saturated carbocycles. The number of hydrogen-bond acceptors (Lipinski definition) is 3. The van der Waals surface area contributed by atoms with Crippen LogP contribution in [0.5, 0.6) is 0 Å². The molecule has 0 N–H and O–H groups in total. The fourth-order valence-electron chi connectivity index (χ4n) is 1.53. The second-order valence-electron chi connectivity index (χ2n) is 3.08. The topological polar surface area (TPSA) is 52.0 Å². The lowest BCUT2D eigenvalue weighted by Gasteiger charge is -1.99. The Hall–Kier alpha value is -1.07. The maximum Gasteiger partial charge on any atom is 0.278 e. The summed E-state index contributed by atoms with van der Waals surface area (Å²) in [7, 11) is 1.62. The molecule has 1 aromatic heterocycles. The molecule has 6 heteroatoms. The summed E-state index contributed by atoms with van der Waals surface area (Å²) in [5.74, 6) is 0. The molecule has 0 aliphatic carbocycles. The molecule has 15 heavy (non-hydrogen) atoms. The molecule has 0 saturated heterocycles. The second kappa shape index (κ2) is 3.50. The molecule has 0 fully saturated rings. The number of benzene rings is 1. The molecule has 0 aliphatic rings. The van der Waals surface area contributed by atoms with Crippen molar-refractivity contribution in [1.29, 1.82) is 0 Å². The Balaban J connectivity index is 2.91. The van der Waals surface area contributed by atoms with E-state index in [1.54, 1.807) is 24.3 Å². The molecule has 2 aromatic rings. The van der Waals surface area contributed by atoms with Crippen molar-refractivity contribution in [1.82, 2.24) is 9.78 Å². The van der Waals surface area contributed by atoms with E-state index < -0.39 is 9.05 Å². The summed E-state index contributed by atoms with van der Waals surface area (Å²) in [5, 5.41) is 4.79. The zero-order chi connectivity index (χ0) is 11.1. The molecule has 0 aliphatic heterocycles. The van der Waals surface area contributed by atoms with Crippen LogP contribution in [0.4, 0.5) is 0 Å². The first-order chi connectivity index (χ1) is 7.04. The van der Waals surface area contributed by atoms with Crippen LogP contribution in [0.1, 0.15) is 6.92 Å². The van der Waals surface area contributed by atoms with Gasteiger partial charge in [-0.3, -0.25) is 4.68 Å². The highest BCUT2D eigenvalue weighted by molar-refractivity contribution is 8.13. The molecule has 0 unspecified atom stereocenters. The second-order valence-corrected chi connectivity index (χ2v) is 5.56. The summed E-state index contributed by atoms with van der Waals surface area (Å²) in [6.07, 6.45) is 0. The number of fused-ring (bicyclic) bond motifs is 1. The van der Waals surface area contributed by atoms with Crippen molar-refractivity contribution in [2.24, 2.45) is 0 Å². The van der Waals surface area contributed by atoms with E-state index in [0.29, 0.717) is 17.4 Å². The smallest absolute Gasteiger partial charge is 0.252 e. The van der Waals surface area contributed by atoms with Gasteiger partial charge in [-0.15, -0.1) is 0 Å². The van der Waals surface area contributed by atoms with Gasteiger partial charge in [-0.2, -0.15) is 5.10 Å². The Morgan fingerprint density at radius 2 is 2.07 bits per heavy atom. The molecule has 1 aromatic carbocycles. The highest BCUT2D eigenvalue weighted by Crippen LogP contribution is 2.25. The van der Waals surface area contributed by atoms with Gasteiger partial charge in [0.05, 0.1) is 5.52 Å². The summed E-state index contributed by atoms with van der Waals surface area (Å²) in [4.78, 5) is 0. The molecular weight excluding hydrogens is 236 g/mol. The van der Waals surface area contributed by atoms with Crippen molar-refractivity contribution >= 4 is 30.6 Å². The van der Waals surface area contributed by atoms with Crippen molar-refractivity contribution in [2.45, 2.75) is 18.5 Å². The quantitative estimate of drug-likeness (QED) is 0.759. The van der Waals surface area contributed by atoms with Gasteiger partial charge in [-0.25, -0.2) is 8.42 Å². The number of aromatic nitrogens is 2. The Kier molecular flexibility index (Phi) is 2.44. The van der Waals surface area contributed by atoms with Crippen LogP contribution >= 0.6 is 10.7 Å². The Labute approximate surface area is 91.9 Å². The van der Waals surface area contributed by atoms with E-state index in [0.717, 1.165) is 0 Å². The van der Waals surface area contributed by atoms with E-state index in [-0.39, 0.29) is 5.03 Å². The zero-order valence-electron chi connectivity index (χ0n) is 8.01. The van der Waals surface area contributed by atoms with Crippen LogP contribution in [0.15, 0.2) is 29.3 Å². The molecule has 0 radical (unpaired) electrons. The average molecular weight is 245 g/mol. The van der Waals surface area contributed by atoms with Crippen LogP contribution in [0.2, 0.25) is 0 Å². The first kappa shape index (κ1) is 10.4. The van der Waals surface area contributed by atoms with Gasteiger partial charge in [0.15, 0.2) is 5.03 Å². The SMILES string of the molecule is CCn1nc2ccccc2c1S(=O)(=O)Cl. The molecule has 0 spiro atoms. The largest absolute Gasteiger partial charge is 0.278 e. The predicted molar refractivity (Wildman–Crippen MR) is 58.4 cm³/mol. The van der Waals surface area contributed by atoms with Crippen LogP contribution in [-0.2, 0) is 15.6 Å². The monoisotopic (exact) mass is 244 g/mol. The van der Waals surface area contributed by atoms with Crippen molar-refractivity contribution < 1.29 is 8.42 Å². The highest BCUT2D eigenvalue weighted by Gasteiger charge is 2.20. The highest BCUT2D eigenvalue weighted by atomic mass is 35.7. The molecule has 80 valence electrons. The lowest BCUT2D eigenvalue weighted by Crippen LogP contribution is -2.05. The van der Waals surface area contributed by atoms with E-state index in [1.165, 1.54) is 4.68 Å². The van der Waals surface area contributed by atoms with Crippen LogP contribution < -0.4 is 0 Å². The molecule has 0 amide bonds. The molecule has 0 bridgehead atoms. The Morgan fingerprint density at radius 1 is 1.40 bits per heavy atom. The number of nitrogens with zero attached hydrogens (tertiary/aromatic N) is 2. The van der Waals surface area contributed by atoms with Crippen molar-refractivity contribution in [3.63, 3.8) is 0 Å². The number of hydrogen-bond donors (Lipinski definition) is 0. The van der Waals surface area contributed by atoms with Crippen LogP contribution in [0.25, 0.3) is 10.9 Å². The maximum absolute atomic E-state index is 11.4. The van der Waals surface area contributed by atoms with Crippen LogP contribution in [-0.4, -0.2) is 18.2 Å². The Morgan fingerprint density at radius 3 is 2.67 bits per heavy atom. The normalized spacial score (nSPS) is 12.1. The average Bonchev–Trinajstić information content (AvgIpc) is 2.54. The summed E-state index contributed by atoms with van der Waals surface area (Å²) < 4.78 is 24.2. The third kappa shape index (κ3) is 1.72. The molecule has 1 heterocycles. The first-order valence-electron chi connectivity index (χ1n) is 4.44. The summed E-state index contributed by atoms with van der Waals surface area (Å²) in [5.41, 5.74) is 0.638. The van der Waals surface area contributed by atoms with E-state index in [2.05, 4.69) is 5.10 Å². The fourth-order valence-corrected chi connectivity index (χ4v) is 2.87. The van der Waals surface area contributed by atoms with Gasteiger partial charge in [0.1, 0.15) is 0 Å². The van der Waals surface area contributed by atoms with E-state index in [1.807, 2.05) is 6.92 Å². The van der Waals surface area contributed by atoms with Gasteiger partial charge in [-0.05, 0) is 19.1 Å². The van der Waals surface area contributed by atoms with Crippen molar-refractivity contribution in [3.05, 3.63) is 24.3 Å². The third-order valence-electron chi connectivity index (χ3n) is 2.13. The molecule has 0 atom stereocenters. The molecular formula is C9H9ClN2O2S. The van der Waals surface area contributed by atoms with E-state index >= 15 is 0 Å². The van der Waals surface area contributed by atoms with E-state index in [4.69, 9.17) is 10.7 Å². The third-order valence-corrected chi connectivity index (χ3v) is 3.46. The number of rotatable bonds is 2. The maximum atomic E-state index is 11.4. The van der Waals surface area contributed by atoms with Gasteiger partial charge in [0.25, 0.3) is 9.05 Å². The van der Waals surface area contributed by atoms with Crippen molar-refractivity contribution in [3.8, 4) is 0 Å². The standard InChI is InChI=1S/C9H9ClN2O2S/c1-2-12-9(15(10,13)14)7-5-3-4-6-8(7)11-12/h3-6H,2H2,1H3. The molecule has 2 rings (SSSR count). The minimum Gasteiger partial charge on any atom is -0.252 e. The van der Waals surface area contributed by atoms with Gasteiger partial charge >= 0.3 is 0 Å². The van der Waals surface area contributed by atoms with Crippen LogP contribution in [0, 0.1) is 0 Å². The lowest BCUT2D eigenvalue weighted by atomic mass is 10.3. The van der Waals surface area contributed by atoms with E-state index in [9.17, 15) is 8.42 Å². The predicted octanol–water partition coefficient (Wildman–Crippen LogP) is 1.98. The summed E-state index contributed by atoms with van der Waals surface area (Å²) in [6, 6.07) is 7.02. The van der Waals surface area contributed by atoms with Crippen LogP contribution in [0.3, 0.4) is 0 Å². The summed E-state index contributed by atoms with van der Waals surface area (Å²) in [6.45, 7) is 2.29. The summed E-state index contributed by atoms with van der Waals surface area (Å²) >= 11 is 0. The first-order valence-corrected chi connectivity index (χ1v) is 6.75. The minimum absolute atomic E-state index is 0.0715. The zero-order valence-corrected chi connectivity index (χ0v) is 9.59. The van der Waals surface area contributed by atoms with Gasteiger partial charge in [0.2, 0.25) is 0 Å². The fraction of sp³-hybridized carbons (Fsp3) is 0.222. The lowest BCUT2D eigenvalue weighted by molar-refractivity contribution is 0.569. The van der Waals surface area contributed by atoms with Gasteiger partial charge in [0, 0.05) is 22.6 Å².